The number of nitrogens with one attached hydrogen (secondary N) is 2. The summed E-state index contributed by atoms with van der Waals surface area (Å²) in [5, 5.41) is 17.2. The normalized spacial score (nSPS) is 29.5. The monoisotopic (exact) mass is 431 g/mol. The maximum atomic E-state index is 12.6. The highest BCUT2D eigenvalue weighted by molar-refractivity contribution is 5.85. The zero-order valence-corrected chi connectivity index (χ0v) is 18.7. The minimum Gasteiger partial charge on any atom is -0.388 e. The van der Waals surface area contributed by atoms with E-state index in [2.05, 4.69) is 10.6 Å². The van der Waals surface area contributed by atoms with Gasteiger partial charge in [-0.2, -0.15) is 0 Å². The molecule has 0 bridgehead atoms. The molecule has 1 saturated carbocycles. The Balaban J connectivity index is 0.00000300. The van der Waals surface area contributed by atoms with Crippen LogP contribution in [0.15, 0.2) is 0 Å². The van der Waals surface area contributed by atoms with Crippen molar-refractivity contribution in [1.82, 2.24) is 15.5 Å². The van der Waals surface area contributed by atoms with E-state index in [1.807, 2.05) is 11.8 Å². The Labute approximate surface area is 180 Å². The molecule has 0 aromatic rings. The van der Waals surface area contributed by atoms with Crippen LogP contribution in [0.1, 0.15) is 64.7 Å². The molecule has 0 radical (unpaired) electrons. The molecule has 3 N–H and O–H groups in total. The van der Waals surface area contributed by atoms with Gasteiger partial charge in [-0.1, -0.05) is 25.7 Å². The van der Waals surface area contributed by atoms with Crippen molar-refractivity contribution in [3.63, 3.8) is 0 Å². The summed E-state index contributed by atoms with van der Waals surface area (Å²) in [6, 6.07) is 0. The first-order chi connectivity index (χ1) is 13.4. The second-order valence-electron chi connectivity index (χ2n) is 9.13. The number of carbonyl (C=O) groups is 2. The van der Waals surface area contributed by atoms with Crippen LogP contribution in [0.3, 0.4) is 0 Å². The number of aliphatic hydroxyl groups is 1. The summed E-state index contributed by atoms with van der Waals surface area (Å²) in [4.78, 5) is 26.5. The van der Waals surface area contributed by atoms with Gasteiger partial charge >= 0.3 is 0 Å². The van der Waals surface area contributed by atoms with Gasteiger partial charge in [-0.05, 0) is 45.6 Å². The number of amides is 2. The zero-order valence-electron chi connectivity index (χ0n) is 17.9. The van der Waals surface area contributed by atoms with E-state index in [1.165, 1.54) is 25.7 Å². The highest BCUT2D eigenvalue weighted by atomic mass is 35.5. The topological polar surface area (TPSA) is 90.9 Å². The first-order valence-corrected chi connectivity index (χ1v) is 10.9. The lowest BCUT2D eigenvalue weighted by Gasteiger charge is -2.53. The summed E-state index contributed by atoms with van der Waals surface area (Å²) in [5.41, 5.74) is -1.36. The Morgan fingerprint density at radius 1 is 1.17 bits per heavy atom. The van der Waals surface area contributed by atoms with Crippen molar-refractivity contribution in [2.24, 2.45) is 5.92 Å². The van der Waals surface area contributed by atoms with Crippen LogP contribution in [0.5, 0.6) is 0 Å². The van der Waals surface area contributed by atoms with Crippen LogP contribution in [0.25, 0.3) is 0 Å². The molecule has 1 spiro atoms. The fraction of sp³-hybridized carbons (Fsp3) is 0.905. The maximum absolute atomic E-state index is 12.6. The Kier molecular flexibility index (Phi) is 8.76. The molecule has 1 aliphatic carbocycles. The predicted molar refractivity (Wildman–Crippen MR) is 114 cm³/mol. The molecule has 2 atom stereocenters. The van der Waals surface area contributed by atoms with Crippen molar-refractivity contribution in [3.05, 3.63) is 0 Å². The molecule has 0 aromatic carbocycles. The van der Waals surface area contributed by atoms with E-state index >= 15 is 0 Å². The molecular weight excluding hydrogens is 394 g/mol. The fourth-order valence-corrected chi connectivity index (χ4v) is 5.22. The SMILES string of the molecule is CNCC(=O)N1CCC2(CC1)OCC[C@@](C)(NC(=O)CCC1CCCC1)[C@@H]2O.Cl. The molecule has 168 valence electrons. The van der Waals surface area contributed by atoms with Crippen LogP contribution in [-0.4, -0.2) is 72.4 Å². The third kappa shape index (κ3) is 5.63. The van der Waals surface area contributed by atoms with E-state index in [9.17, 15) is 14.7 Å². The number of likely N-dealkylation sites (N-methyl/N-ethyl adjacent to an activating group) is 1. The number of aliphatic hydroxyl groups excluding tert-OH is 1. The zero-order chi connectivity index (χ0) is 20.2. The number of rotatable bonds is 6. The maximum Gasteiger partial charge on any atom is 0.236 e. The number of hydrogen-bond acceptors (Lipinski definition) is 5. The second-order valence-corrected chi connectivity index (χ2v) is 9.13. The number of carbonyl (C=O) groups excluding carboxylic acids is 2. The third-order valence-corrected chi connectivity index (χ3v) is 7.08. The van der Waals surface area contributed by atoms with Gasteiger partial charge in [0.1, 0.15) is 6.10 Å². The second kappa shape index (κ2) is 10.4. The quantitative estimate of drug-likeness (QED) is 0.594. The van der Waals surface area contributed by atoms with Crippen LogP contribution >= 0.6 is 12.4 Å². The van der Waals surface area contributed by atoms with Crippen molar-refractivity contribution in [2.45, 2.75) is 82.0 Å². The summed E-state index contributed by atoms with van der Waals surface area (Å²) in [5.74, 6) is 0.793. The average Bonchev–Trinajstić information content (AvgIpc) is 3.19. The summed E-state index contributed by atoms with van der Waals surface area (Å²) in [7, 11) is 1.76. The molecule has 2 amide bonds. The smallest absolute Gasteiger partial charge is 0.236 e. The number of halogens is 1. The largest absolute Gasteiger partial charge is 0.388 e. The van der Waals surface area contributed by atoms with Gasteiger partial charge in [0.2, 0.25) is 11.8 Å². The summed E-state index contributed by atoms with van der Waals surface area (Å²) < 4.78 is 6.07. The molecule has 3 aliphatic rings. The summed E-state index contributed by atoms with van der Waals surface area (Å²) in [6.45, 7) is 3.92. The standard InChI is InChI=1S/C21H37N3O4.ClH/c1-20(23-17(25)8-7-16-5-3-4-6-16)11-14-28-21(19(20)27)9-12-24(13-10-21)18(26)15-22-2;/h16,19,22,27H,3-15H2,1-2H3,(H,23,25);1H/t19-,20+;/m0./s1. The van der Waals surface area contributed by atoms with Crippen LogP contribution in [0.2, 0.25) is 0 Å². The van der Waals surface area contributed by atoms with E-state index in [4.69, 9.17) is 4.74 Å². The Morgan fingerprint density at radius 3 is 2.45 bits per heavy atom. The first-order valence-electron chi connectivity index (χ1n) is 10.9. The lowest BCUT2D eigenvalue weighted by atomic mass is 9.73. The molecule has 8 heteroatoms. The first kappa shape index (κ1) is 24.4. The molecule has 2 heterocycles. The molecule has 3 fully saturated rings. The number of likely N-dealkylation sites (tertiary alicyclic amines) is 1. The molecule has 0 unspecified atom stereocenters. The number of nitrogens with zero attached hydrogens (tertiary/aromatic N) is 1. The lowest BCUT2D eigenvalue weighted by molar-refractivity contribution is -0.208. The molecule has 2 aliphatic heterocycles. The van der Waals surface area contributed by atoms with E-state index in [0.717, 1.165) is 6.42 Å². The highest BCUT2D eigenvalue weighted by Crippen LogP contribution is 2.40. The van der Waals surface area contributed by atoms with Gasteiger partial charge in [-0.3, -0.25) is 9.59 Å². The Hall–Kier alpha value is -0.890. The average molecular weight is 432 g/mol. The van der Waals surface area contributed by atoms with Gasteiger partial charge in [-0.15, -0.1) is 12.4 Å². The van der Waals surface area contributed by atoms with E-state index in [0.29, 0.717) is 57.8 Å². The summed E-state index contributed by atoms with van der Waals surface area (Å²) >= 11 is 0. The van der Waals surface area contributed by atoms with Crippen molar-refractivity contribution in [1.29, 1.82) is 0 Å². The minimum absolute atomic E-state index is 0. The fourth-order valence-electron chi connectivity index (χ4n) is 5.22. The van der Waals surface area contributed by atoms with Crippen LogP contribution in [-0.2, 0) is 14.3 Å². The molecule has 29 heavy (non-hydrogen) atoms. The lowest BCUT2D eigenvalue weighted by Crippen LogP contribution is -2.69. The van der Waals surface area contributed by atoms with Crippen molar-refractivity contribution in [3.8, 4) is 0 Å². The molecule has 2 saturated heterocycles. The molecule has 0 aromatic heterocycles. The summed E-state index contributed by atoms with van der Waals surface area (Å²) in [6.07, 6.45) is 7.56. The number of piperidine rings is 1. The molecule has 7 nitrogen and oxygen atoms in total. The third-order valence-electron chi connectivity index (χ3n) is 7.08. The van der Waals surface area contributed by atoms with Gasteiger partial charge in [0, 0.05) is 26.1 Å². The minimum atomic E-state index is -0.772. The Bertz CT molecular complexity index is 562. The van der Waals surface area contributed by atoms with Crippen molar-refractivity contribution >= 4 is 24.2 Å². The van der Waals surface area contributed by atoms with Crippen LogP contribution in [0, 0.1) is 5.92 Å². The van der Waals surface area contributed by atoms with Crippen molar-refractivity contribution in [2.75, 3.05) is 33.3 Å². The highest BCUT2D eigenvalue weighted by Gasteiger charge is 2.54. The van der Waals surface area contributed by atoms with Crippen LogP contribution < -0.4 is 10.6 Å². The van der Waals surface area contributed by atoms with E-state index < -0.39 is 17.2 Å². The van der Waals surface area contributed by atoms with Gasteiger partial charge in [0.05, 0.1) is 17.7 Å². The van der Waals surface area contributed by atoms with Crippen LogP contribution in [0.4, 0.5) is 0 Å². The predicted octanol–water partition coefficient (Wildman–Crippen LogP) is 1.62. The Morgan fingerprint density at radius 2 is 1.83 bits per heavy atom. The number of ether oxygens (including phenoxy) is 1. The van der Waals surface area contributed by atoms with E-state index in [1.54, 1.807) is 7.05 Å². The molecule has 3 rings (SSSR count). The van der Waals surface area contributed by atoms with Gasteiger partial charge in [0.25, 0.3) is 0 Å². The van der Waals surface area contributed by atoms with Crippen molar-refractivity contribution < 1.29 is 19.4 Å². The van der Waals surface area contributed by atoms with E-state index in [-0.39, 0.29) is 24.2 Å². The van der Waals surface area contributed by atoms with Gasteiger partial charge < -0.3 is 25.4 Å². The van der Waals surface area contributed by atoms with Gasteiger partial charge in [0.15, 0.2) is 0 Å². The number of hydrogen-bond donors (Lipinski definition) is 3. The van der Waals surface area contributed by atoms with Gasteiger partial charge in [-0.25, -0.2) is 0 Å². The molecular formula is C21H38ClN3O4.